The van der Waals surface area contributed by atoms with Crippen molar-refractivity contribution in [1.29, 1.82) is 0 Å². The number of rotatable bonds is 6. The number of hydrogen-bond acceptors (Lipinski definition) is 6. The Balaban J connectivity index is 1.43. The third-order valence-corrected chi connectivity index (χ3v) is 6.62. The monoisotopic (exact) mass is 390 g/mol. The summed E-state index contributed by atoms with van der Waals surface area (Å²) >= 11 is 1.37. The van der Waals surface area contributed by atoms with Gasteiger partial charge in [0, 0.05) is 19.6 Å². The van der Waals surface area contributed by atoms with Crippen LogP contribution in [0.3, 0.4) is 0 Å². The number of carbonyl (C=O) groups is 1. The van der Waals surface area contributed by atoms with Crippen molar-refractivity contribution in [1.82, 2.24) is 19.8 Å². The molecule has 3 heterocycles. The predicted octanol–water partition coefficient (Wildman–Crippen LogP) is 1.57. The molecule has 1 atom stereocenters. The number of amides is 1. The van der Waals surface area contributed by atoms with Gasteiger partial charge in [0.05, 0.1) is 12.1 Å². The number of aromatic nitrogens is 2. The largest absolute Gasteiger partial charge is 0.379 e. The number of aliphatic hydroxyl groups is 1. The van der Waals surface area contributed by atoms with Gasteiger partial charge in [-0.1, -0.05) is 6.42 Å². The summed E-state index contributed by atoms with van der Waals surface area (Å²) in [7, 11) is 1.84. The van der Waals surface area contributed by atoms with Crippen LogP contribution >= 0.6 is 11.3 Å². The zero-order valence-corrected chi connectivity index (χ0v) is 16.4. The number of nitrogens with zero attached hydrogens (tertiary/aromatic N) is 3. The summed E-state index contributed by atoms with van der Waals surface area (Å²) in [4.78, 5) is 36.0. The molecule has 2 aromatic rings. The fraction of sp³-hybridized carbons (Fsp3) is 0.632. The number of likely N-dealkylation sites (N-methyl/N-ethyl adjacent to an activating group) is 1. The van der Waals surface area contributed by atoms with E-state index in [4.69, 9.17) is 0 Å². The average Bonchev–Trinajstić information content (AvgIpc) is 3.03. The first-order valence-electron chi connectivity index (χ1n) is 9.61. The maximum Gasteiger partial charge on any atom is 0.268 e. The molecule has 1 saturated heterocycles. The van der Waals surface area contributed by atoms with Crippen molar-refractivity contribution in [2.45, 2.75) is 44.2 Å². The van der Waals surface area contributed by atoms with Gasteiger partial charge in [0.1, 0.15) is 10.5 Å². The summed E-state index contributed by atoms with van der Waals surface area (Å²) in [5.41, 5.74) is -0.812. The van der Waals surface area contributed by atoms with E-state index in [9.17, 15) is 14.7 Å². The van der Waals surface area contributed by atoms with Crippen molar-refractivity contribution in [2.75, 3.05) is 26.7 Å². The van der Waals surface area contributed by atoms with Crippen molar-refractivity contribution in [3.63, 3.8) is 0 Å². The Hall–Kier alpha value is -1.77. The fourth-order valence-electron chi connectivity index (χ4n) is 4.13. The van der Waals surface area contributed by atoms with Crippen molar-refractivity contribution >= 4 is 27.5 Å². The van der Waals surface area contributed by atoms with Gasteiger partial charge < -0.3 is 15.0 Å². The fourth-order valence-corrected chi connectivity index (χ4v) is 4.85. The molecule has 1 saturated carbocycles. The molecule has 0 bridgehead atoms. The summed E-state index contributed by atoms with van der Waals surface area (Å²) in [5.74, 6) is 0.995. The number of piperidine rings is 1. The van der Waals surface area contributed by atoms with Crippen LogP contribution in [-0.4, -0.2) is 63.1 Å². The second-order valence-corrected chi connectivity index (χ2v) is 8.92. The molecule has 4 rings (SSSR count). The highest BCUT2D eigenvalue weighted by atomic mass is 32.1. The molecule has 2 fully saturated rings. The number of thiophene rings is 1. The lowest BCUT2D eigenvalue weighted by atomic mass is 9.83. The van der Waals surface area contributed by atoms with Gasteiger partial charge in [-0.05, 0) is 50.1 Å². The number of nitrogens with one attached hydrogen (secondary N) is 1. The Kier molecular flexibility index (Phi) is 5.05. The summed E-state index contributed by atoms with van der Waals surface area (Å²) in [6, 6.07) is 1.83. The van der Waals surface area contributed by atoms with Crippen molar-refractivity contribution in [3.8, 4) is 0 Å². The number of carbonyl (C=O) groups excluding carboxylic acids is 1. The van der Waals surface area contributed by atoms with Gasteiger partial charge in [-0.25, -0.2) is 4.98 Å². The molecule has 2 N–H and O–H groups in total. The molecule has 1 aliphatic heterocycles. The zero-order valence-electron chi connectivity index (χ0n) is 15.6. The molecule has 8 heteroatoms. The molecule has 0 aromatic carbocycles. The molecule has 7 nitrogen and oxygen atoms in total. The normalized spacial score (nSPS) is 24.0. The molecule has 0 radical (unpaired) electrons. The molecule has 1 amide bonds. The van der Waals surface area contributed by atoms with Gasteiger partial charge in [-0.2, -0.15) is 0 Å². The summed E-state index contributed by atoms with van der Waals surface area (Å²) < 4.78 is 0.620. The van der Waals surface area contributed by atoms with Crippen LogP contribution < -0.4 is 5.56 Å². The molecule has 2 aliphatic rings. The van der Waals surface area contributed by atoms with Crippen molar-refractivity contribution in [2.24, 2.45) is 5.92 Å². The van der Waals surface area contributed by atoms with Crippen molar-refractivity contribution < 1.29 is 9.90 Å². The van der Waals surface area contributed by atoms with Gasteiger partial charge in [-0.15, -0.1) is 11.3 Å². The minimum Gasteiger partial charge on any atom is -0.379 e. The molecular formula is C19H26N4O3S. The standard InChI is InChI=1S/C19H26N4O3S/c1-22(11-15-20-14-6-9-27-16(14)17(24)21-15)12-19(26)7-3-8-23(18(19)25)10-13-4-2-5-13/h6,9,13,26H,2-5,7-8,10-12H2,1H3,(H,20,21,24). The molecule has 146 valence electrons. The van der Waals surface area contributed by atoms with Crippen LogP contribution in [-0.2, 0) is 11.3 Å². The van der Waals surface area contributed by atoms with E-state index in [0.717, 1.165) is 19.5 Å². The van der Waals surface area contributed by atoms with Gasteiger partial charge in [-0.3, -0.25) is 14.5 Å². The lowest BCUT2D eigenvalue weighted by molar-refractivity contribution is -0.160. The quantitative estimate of drug-likeness (QED) is 0.782. The van der Waals surface area contributed by atoms with Crippen LogP contribution in [0, 0.1) is 5.92 Å². The topological polar surface area (TPSA) is 89.5 Å². The molecule has 27 heavy (non-hydrogen) atoms. The minimum absolute atomic E-state index is 0.141. The third-order valence-electron chi connectivity index (χ3n) is 5.72. The smallest absolute Gasteiger partial charge is 0.268 e. The summed E-state index contributed by atoms with van der Waals surface area (Å²) in [6.07, 6.45) is 4.92. The van der Waals surface area contributed by atoms with E-state index in [1.807, 2.05) is 28.3 Å². The first-order valence-corrected chi connectivity index (χ1v) is 10.5. The van der Waals surface area contributed by atoms with Gasteiger partial charge in [0.2, 0.25) is 0 Å². The van der Waals surface area contributed by atoms with E-state index in [2.05, 4.69) is 9.97 Å². The minimum atomic E-state index is -1.36. The van der Waals surface area contributed by atoms with Crippen LogP contribution in [0.25, 0.3) is 10.2 Å². The SMILES string of the molecule is CN(Cc1nc2ccsc2c(=O)[nH]1)CC1(O)CCCN(CC2CCC2)C1=O. The van der Waals surface area contributed by atoms with E-state index >= 15 is 0 Å². The van der Waals surface area contributed by atoms with Crippen LogP contribution in [0.5, 0.6) is 0 Å². The van der Waals surface area contributed by atoms with Crippen LogP contribution in [0.15, 0.2) is 16.2 Å². The van der Waals surface area contributed by atoms with E-state index in [1.165, 1.54) is 30.6 Å². The number of likely N-dealkylation sites (tertiary alicyclic amines) is 1. The Morgan fingerprint density at radius 3 is 2.96 bits per heavy atom. The van der Waals surface area contributed by atoms with Crippen molar-refractivity contribution in [3.05, 3.63) is 27.6 Å². The maximum atomic E-state index is 12.9. The highest BCUT2D eigenvalue weighted by molar-refractivity contribution is 7.17. The number of fused-ring (bicyclic) bond motifs is 1. The Morgan fingerprint density at radius 1 is 1.41 bits per heavy atom. The Labute approximate surface area is 162 Å². The predicted molar refractivity (Wildman–Crippen MR) is 105 cm³/mol. The number of H-pyrrole nitrogens is 1. The molecule has 0 spiro atoms. The number of hydrogen-bond donors (Lipinski definition) is 2. The molecule has 1 unspecified atom stereocenters. The molecular weight excluding hydrogens is 364 g/mol. The highest BCUT2D eigenvalue weighted by Crippen LogP contribution is 2.30. The second kappa shape index (κ2) is 7.33. The van der Waals surface area contributed by atoms with Crippen LogP contribution in [0.4, 0.5) is 0 Å². The maximum absolute atomic E-state index is 12.9. The summed E-state index contributed by atoms with van der Waals surface area (Å²) in [6.45, 7) is 2.12. The highest BCUT2D eigenvalue weighted by Gasteiger charge is 2.43. The molecule has 2 aromatic heterocycles. The van der Waals surface area contributed by atoms with Gasteiger partial charge in [0.25, 0.3) is 11.5 Å². The lowest BCUT2D eigenvalue weighted by Gasteiger charge is -2.42. The van der Waals surface area contributed by atoms with Crippen LogP contribution in [0.1, 0.15) is 37.9 Å². The first kappa shape index (κ1) is 18.6. The lowest BCUT2D eigenvalue weighted by Crippen LogP contribution is -2.59. The first-order chi connectivity index (χ1) is 12.9. The van der Waals surface area contributed by atoms with E-state index in [1.54, 1.807) is 0 Å². The summed E-state index contributed by atoms with van der Waals surface area (Å²) in [5, 5.41) is 12.9. The second-order valence-electron chi connectivity index (χ2n) is 8.00. The Bertz CT molecular complexity index is 890. The Morgan fingerprint density at radius 2 is 2.22 bits per heavy atom. The van der Waals surface area contributed by atoms with Gasteiger partial charge >= 0.3 is 0 Å². The van der Waals surface area contributed by atoms with E-state index in [0.29, 0.717) is 34.9 Å². The molecule has 1 aliphatic carbocycles. The zero-order chi connectivity index (χ0) is 19.0. The number of aromatic amines is 1. The van der Waals surface area contributed by atoms with Gasteiger partial charge in [0.15, 0.2) is 5.60 Å². The average molecular weight is 391 g/mol. The van der Waals surface area contributed by atoms with Crippen LogP contribution in [0.2, 0.25) is 0 Å². The third kappa shape index (κ3) is 3.79. The van der Waals surface area contributed by atoms with E-state index in [-0.39, 0.29) is 18.0 Å². The van der Waals surface area contributed by atoms with E-state index < -0.39 is 5.60 Å².